The number of hydrogen-bond acceptors (Lipinski definition) is 7. The predicted molar refractivity (Wildman–Crippen MR) is 202 cm³/mol. The Balaban J connectivity index is 0.000000179. The number of aryl methyl sites for hydroxylation is 2. The van der Waals surface area contributed by atoms with Gasteiger partial charge in [0.2, 0.25) is 17.1 Å². The summed E-state index contributed by atoms with van der Waals surface area (Å²) in [4.78, 5) is 50.9. The highest BCUT2D eigenvalue weighted by molar-refractivity contribution is 5.78. The van der Waals surface area contributed by atoms with Gasteiger partial charge >= 0.3 is 5.56 Å². The lowest BCUT2D eigenvalue weighted by atomic mass is 9.90. The third-order valence-corrected chi connectivity index (χ3v) is 8.24. The maximum absolute atomic E-state index is 12.1. The van der Waals surface area contributed by atoms with E-state index in [4.69, 9.17) is 26.3 Å². The topological polar surface area (TPSA) is 118 Å². The van der Waals surface area contributed by atoms with Gasteiger partial charge in [0.05, 0.1) is 11.4 Å². The number of hydrogen-bond donors (Lipinski definition) is 1. The van der Waals surface area contributed by atoms with E-state index in [1.807, 2.05) is 42.5 Å². The third-order valence-electron chi connectivity index (χ3n) is 8.24. The Bertz CT molecular complexity index is 2320. The van der Waals surface area contributed by atoms with E-state index in [1.165, 1.54) is 29.7 Å². The summed E-state index contributed by atoms with van der Waals surface area (Å²) in [5.74, 6) is -0.220. The molecule has 0 bridgehead atoms. The van der Waals surface area contributed by atoms with Gasteiger partial charge < -0.3 is 24.3 Å². The normalized spacial score (nSPS) is 13.0. The first-order chi connectivity index (χ1) is 25.5. The highest BCUT2D eigenvalue weighted by atomic mass is 16.1. The molecule has 0 fully saturated rings. The molecule has 2 aliphatic rings. The molecule has 250 valence electrons. The van der Waals surface area contributed by atoms with E-state index >= 15 is 0 Å². The molecule has 0 radical (unpaired) electrons. The molecule has 5 aromatic rings. The van der Waals surface area contributed by atoms with Gasteiger partial charge in [-0.05, 0) is 109 Å². The molecule has 12 nitrogen and oxygen atoms in total. The number of rotatable bonds is 6. The molecule has 0 saturated heterocycles. The molecule has 4 aromatic heterocycles. The van der Waals surface area contributed by atoms with Crippen LogP contribution in [0.5, 0.6) is 0 Å². The minimum absolute atomic E-state index is 0.0179. The fourth-order valence-corrected chi connectivity index (χ4v) is 5.93. The molecule has 0 unspecified atom stereocenters. The maximum Gasteiger partial charge on any atom is 0.365 e. The summed E-state index contributed by atoms with van der Waals surface area (Å²) >= 11 is 0. The van der Waals surface area contributed by atoms with E-state index < -0.39 is 5.56 Å². The summed E-state index contributed by atoms with van der Waals surface area (Å²) in [5, 5.41) is 0. The highest BCUT2D eigenvalue weighted by Gasteiger charge is 2.24. The largest absolute Gasteiger partial charge is 0.373 e. The van der Waals surface area contributed by atoms with E-state index in [0.29, 0.717) is 11.4 Å². The van der Waals surface area contributed by atoms with Gasteiger partial charge in [-0.15, -0.1) is 15.0 Å². The van der Waals surface area contributed by atoms with Crippen molar-refractivity contribution in [2.45, 2.75) is 25.7 Å². The van der Waals surface area contributed by atoms with Crippen molar-refractivity contribution < 1.29 is 0 Å². The minimum atomic E-state index is -0.454. The van der Waals surface area contributed by atoms with Crippen LogP contribution in [0, 0.1) is 26.3 Å². The number of nitrogens with zero attached hydrogens (tertiary/aromatic N) is 10. The summed E-state index contributed by atoms with van der Waals surface area (Å²) in [6.45, 7) is 30.8. The molecule has 0 aliphatic carbocycles. The quantitative estimate of drug-likeness (QED) is 0.179. The molecule has 52 heavy (non-hydrogen) atoms. The van der Waals surface area contributed by atoms with Crippen LogP contribution in [0.1, 0.15) is 58.0 Å². The number of anilines is 1. The van der Waals surface area contributed by atoms with Gasteiger partial charge in [0.25, 0.3) is 23.3 Å². The van der Waals surface area contributed by atoms with Crippen molar-refractivity contribution in [3.63, 3.8) is 0 Å². The Morgan fingerprint density at radius 2 is 1.15 bits per heavy atom. The molecule has 1 aromatic carbocycles. The number of aromatic nitrogens is 6. The van der Waals surface area contributed by atoms with Crippen LogP contribution < -0.4 is 10.5 Å². The van der Waals surface area contributed by atoms with Crippen LogP contribution in [-0.2, 0) is 12.8 Å². The van der Waals surface area contributed by atoms with Crippen molar-refractivity contribution in [3.05, 3.63) is 162 Å². The first-order valence-electron chi connectivity index (χ1n) is 16.3. The van der Waals surface area contributed by atoms with E-state index in [9.17, 15) is 4.79 Å². The molecule has 0 spiro atoms. The molecule has 0 saturated carbocycles. The summed E-state index contributed by atoms with van der Waals surface area (Å²) in [5.41, 5.74) is 7.39. The number of H-pyrrole nitrogens is 1. The van der Waals surface area contributed by atoms with Crippen LogP contribution in [0.25, 0.3) is 55.8 Å². The summed E-state index contributed by atoms with van der Waals surface area (Å²) in [7, 11) is 0. The SMILES string of the molecule is [C-]#[N+]c1nc(/C=C/c2cc3c4c(c2)CCCN4CCC3)c(=O)[nH]c1[N+]#[C-].[C-]#[N+]c1nc(/C=C/c2ccccn2)c(/C=C/c2ccccn2)nc1[N+]#[C-]. The Labute approximate surface area is 300 Å². The zero-order chi connectivity index (χ0) is 36.3. The third kappa shape index (κ3) is 8.01. The maximum atomic E-state index is 12.1. The van der Waals surface area contributed by atoms with Gasteiger partial charge in [0, 0.05) is 31.2 Å². The van der Waals surface area contributed by atoms with Crippen LogP contribution in [-0.4, -0.2) is 43.0 Å². The van der Waals surface area contributed by atoms with Crippen LogP contribution >= 0.6 is 0 Å². The second kappa shape index (κ2) is 16.2. The molecule has 0 amide bonds. The molecular weight excluding hydrogens is 651 g/mol. The smallest absolute Gasteiger partial charge is 0.365 e. The molecule has 6 heterocycles. The van der Waals surface area contributed by atoms with Crippen LogP contribution in [0.4, 0.5) is 29.0 Å². The van der Waals surface area contributed by atoms with E-state index in [1.54, 1.807) is 42.8 Å². The fraction of sp³-hybridized carbons (Fsp3) is 0.150. The fourth-order valence-electron chi connectivity index (χ4n) is 5.93. The second-order valence-corrected chi connectivity index (χ2v) is 11.6. The highest BCUT2D eigenvalue weighted by Crippen LogP contribution is 2.36. The zero-order valence-electron chi connectivity index (χ0n) is 27.9. The van der Waals surface area contributed by atoms with Crippen molar-refractivity contribution in [2.75, 3.05) is 18.0 Å². The standard InChI is InChI=1S/C20H12N6.C20H17N5O/c1-21-19-20(22-2)26-18(12-10-16-8-4-6-14-24-16)17(25-19)11-9-15-7-3-5-13-23-15;1-21-18-19(22-2)24-20(26)16(23-18)8-7-13-11-14-5-3-9-25-10-4-6-15(12-13)17(14)25/h3-14H;7-8,11-12H,3-6,9-10H2,(H,24,26)/b11-9+,12-10+;8-7+. The van der Waals surface area contributed by atoms with Crippen molar-refractivity contribution >= 4 is 65.4 Å². The second-order valence-electron chi connectivity index (χ2n) is 11.6. The van der Waals surface area contributed by atoms with Gasteiger partial charge in [0.15, 0.2) is 0 Å². The Hall–Kier alpha value is -7.54. The Morgan fingerprint density at radius 1 is 0.635 bits per heavy atom. The van der Waals surface area contributed by atoms with Gasteiger partial charge in [-0.1, -0.05) is 44.5 Å². The minimum Gasteiger partial charge on any atom is -0.373 e. The van der Waals surface area contributed by atoms with Crippen LogP contribution in [0.2, 0.25) is 0 Å². The zero-order valence-corrected chi connectivity index (χ0v) is 27.9. The first kappa shape index (κ1) is 34.3. The monoisotopic (exact) mass is 679 g/mol. The summed E-state index contributed by atoms with van der Waals surface area (Å²) < 4.78 is 0. The van der Waals surface area contributed by atoms with Crippen molar-refractivity contribution in [1.82, 2.24) is 29.9 Å². The van der Waals surface area contributed by atoms with E-state index in [0.717, 1.165) is 42.9 Å². The van der Waals surface area contributed by atoms with Crippen molar-refractivity contribution in [2.24, 2.45) is 0 Å². The summed E-state index contributed by atoms with van der Waals surface area (Å²) in [6, 6.07) is 15.5. The molecule has 0 atom stereocenters. The van der Waals surface area contributed by atoms with Crippen LogP contribution in [0.3, 0.4) is 0 Å². The lowest BCUT2D eigenvalue weighted by Crippen LogP contribution is -2.34. The Kier molecular flexibility index (Phi) is 10.7. The van der Waals surface area contributed by atoms with Crippen molar-refractivity contribution in [1.29, 1.82) is 0 Å². The predicted octanol–water partition coefficient (Wildman–Crippen LogP) is 8.45. The van der Waals surface area contributed by atoms with E-state index in [-0.39, 0.29) is 29.0 Å². The van der Waals surface area contributed by atoms with Crippen molar-refractivity contribution in [3.8, 4) is 0 Å². The van der Waals surface area contributed by atoms with Gasteiger partial charge in [0.1, 0.15) is 0 Å². The lowest BCUT2D eigenvalue weighted by molar-refractivity contribution is 0.634. The van der Waals surface area contributed by atoms with Gasteiger partial charge in [-0.3, -0.25) is 15.0 Å². The molecule has 1 N–H and O–H groups in total. The first-order valence-corrected chi connectivity index (χ1v) is 16.3. The average Bonchev–Trinajstić information content (AvgIpc) is 3.19. The Morgan fingerprint density at radius 3 is 1.63 bits per heavy atom. The molecular formula is C40H29N11O. The number of aromatic amines is 1. The number of pyridine rings is 2. The number of nitrogens with one attached hydrogen (secondary N) is 1. The van der Waals surface area contributed by atoms with Crippen LogP contribution in [0.15, 0.2) is 65.7 Å². The average molecular weight is 680 g/mol. The summed E-state index contributed by atoms with van der Waals surface area (Å²) in [6.07, 6.45) is 18.4. The van der Waals surface area contributed by atoms with Gasteiger partial charge in [-0.2, -0.15) is 0 Å². The number of benzene rings is 1. The molecule has 12 heteroatoms. The van der Waals surface area contributed by atoms with Gasteiger partial charge in [-0.25, -0.2) is 4.79 Å². The molecule has 2 aliphatic heterocycles. The molecule has 7 rings (SSSR count). The van der Waals surface area contributed by atoms with E-state index in [2.05, 4.69) is 66.3 Å². The lowest BCUT2D eigenvalue weighted by Gasteiger charge is -2.37.